The van der Waals surface area contributed by atoms with E-state index < -0.39 is 16.9 Å². The average Bonchev–Trinajstić information content (AvgIpc) is 2.22. The molecular formula is C9H6FN3O2S. The average molecular weight is 239 g/mol. The minimum absolute atomic E-state index is 0.0587. The Bertz CT molecular complexity index is 704. The smallest absolute Gasteiger partial charge is 0.279 e. The number of fused-ring (bicyclic) bond motifs is 1. The number of thiocarbonyl (C=S) groups is 1. The largest absolute Gasteiger partial charge is 0.374 e. The maximum absolute atomic E-state index is 13.3. The van der Waals surface area contributed by atoms with Crippen LogP contribution in [0.1, 0.15) is 0 Å². The predicted octanol–water partition coefficient (Wildman–Crippen LogP) is -0.0794. The third kappa shape index (κ3) is 1.41. The van der Waals surface area contributed by atoms with Crippen molar-refractivity contribution in [2.24, 2.45) is 5.73 Å². The SMILES string of the molecule is NC(=S)n1[nH]c(=O)c2c(F)cccc2c1=O. The Morgan fingerprint density at radius 3 is 2.75 bits per heavy atom. The van der Waals surface area contributed by atoms with Gasteiger partial charge in [-0.2, -0.15) is 4.68 Å². The van der Waals surface area contributed by atoms with E-state index in [1.165, 1.54) is 12.1 Å². The maximum atomic E-state index is 13.3. The van der Waals surface area contributed by atoms with Crippen molar-refractivity contribution in [3.05, 3.63) is 44.7 Å². The Hall–Kier alpha value is -2.02. The lowest BCUT2D eigenvalue weighted by molar-refractivity contribution is 0.637. The van der Waals surface area contributed by atoms with Crippen LogP contribution in [0, 0.1) is 5.82 Å². The van der Waals surface area contributed by atoms with Gasteiger partial charge in [-0.1, -0.05) is 6.07 Å². The van der Waals surface area contributed by atoms with Crippen molar-refractivity contribution >= 4 is 28.1 Å². The minimum atomic E-state index is -0.758. The summed E-state index contributed by atoms with van der Waals surface area (Å²) in [7, 11) is 0. The number of aromatic nitrogens is 2. The van der Waals surface area contributed by atoms with Crippen LogP contribution in [0.25, 0.3) is 10.8 Å². The summed E-state index contributed by atoms with van der Waals surface area (Å²) in [4.78, 5) is 23.2. The number of H-pyrrole nitrogens is 1. The summed E-state index contributed by atoms with van der Waals surface area (Å²) in [6.45, 7) is 0. The second kappa shape index (κ2) is 3.53. The first kappa shape index (κ1) is 10.5. The van der Waals surface area contributed by atoms with Gasteiger partial charge in [-0.25, -0.2) is 4.39 Å². The number of hydrogen-bond donors (Lipinski definition) is 2. The molecule has 0 radical (unpaired) electrons. The highest BCUT2D eigenvalue weighted by Gasteiger charge is 2.11. The molecule has 2 rings (SSSR count). The molecule has 0 aliphatic rings. The molecular weight excluding hydrogens is 233 g/mol. The van der Waals surface area contributed by atoms with E-state index in [0.29, 0.717) is 4.68 Å². The van der Waals surface area contributed by atoms with Gasteiger partial charge in [0, 0.05) is 0 Å². The van der Waals surface area contributed by atoms with Crippen molar-refractivity contribution in [1.29, 1.82) is 0 Å². The molecule has 0 spiro atoms. The number of halogens is 1. The van der Waals surface area contributed by atoms with Gasteiger partial charge in [-0.15, -0.1) is 0 Å². The van der Waals surface area contributed by atoms with Crippen LogP contribution in [-0.4, -0.2) is 14.9 Å². The number of nitrogens with one attached hydrogen (secondary N) is 1. The van der Waals surface area contributed by atoms with E-state index in [4.69, 9.17) is 5.73 Å². The van der Waals surface area contributed by atoms with Gasteiger partial charge in [0.1, 0.15) is 5.82 Å². The Morgan fingerprint density at radius 2 is 2.12 bits per heavy atom. The second-order valence-electron chi connectivity index (χ2n) is 3.08. The molecule has 0 fully saturated rings. The van der Waals surface area contributed by atoms with E-state index in [1.807, 2.05) is 0 Å². The van der Waals surface area contributed by atoms with Crippen molar-refractivity contribution in [2.75, 3.05) is 0 Å². The Balaban J connectivity index is 3.09. The second-order valence-corrected chi connectivity index (χ2v) is 3.50. The topological polar surface area (TPSA) is 80.9 Å². The lowest BCUT2D eigenvalue weighted by Gasteiger charge is -2.04. The molecule has 1 aromatic heterocycles. The third-order valence-electron chi connectivity index (χ3n) is 2.11. The maximum Gasteiger partial charge on any atom is 0.279 e. The van der Waals surface area contributed by atoms with Crippen LogP contribution < -0.4 is 16.9 Å². The molecule has 0 saturated carbocycles. The fourth-order valence-corrected chi connectivity index (χ4v) is 1.55. The Morgan fingerprint density at radius 1 is 1.44 bits per heavy atom. The lowest BCUT2D eigenvalue weighted by Crippen LogP contribution is -2.38. The number of benzene rings is 1. The highest BCUT2D eigenvalue weighted by Crippen LogP contribution is 2.08. The van der Waals surface area contributed by atoms with Gasteiger partial charge in [-0.05, 0) is 24.4 Å². The van der Waals surface area contributed by atoms with Gasteiger partial charge in [0.25, 0.3) is 11.1 Å². The first-order chi connectivity index (χ1) is 7.52. The van der Waals surface area contributed by atoms with Crippen molar-refractivity contribution < 1.29 is 4.39 Å². The van der Waals surface area contributed by atoms with Crippen LogP contribution >= 0.6 is 12.2 Å². The number of hydrogen-bond acceptors (Lipinski definition) is 3. The van der Waals surface area contributed by atoms with Crippen LogP contribution in [0.4, 0.5) is 4.39 Å². The highest BCUT2D eigenvalue weighted by atomic mass is 32.1. The van der Waals surface area contributed by atoms with Gasteiger partial charge in [0.15, 0.2) is 5.11 Å². The fourth-order valence-electron chi connectivity index (χ4n) is 1.42. The summed E-state index contributed by atoms with van der Waals surface area (Å²) in [5.41, 5.74) is 3.84. The summed E-state index contributed by atoms with van der Waals surface area (Å²) in [6.07, 6.45) is 0. The molecule has 7 heteroatoms. The van der Waals surface area contributed by atoms with Gasteiger partial charge < -0.3 is 5.73 Å². The van der Waals surface area contributed by atoms with Crippen molar-refractivity contribution in [3.63, 3.8) is 0 Å². The molecule has 0 amide bonds. The minimum Gasteiger partial charge on any atom is -0.374 e. The molecule has 2 aromatic rings. The zero-order chi connectivity index (χ0) is 11.9. The van der Waals surface area contributed by atoms with Crippen LogP contribution in [0.15, 0.2) is 27.8 Å². The van der Waals surface area contributed by atoms with Crippen LogP contribution in [0.2, 0.25) is 0 Å². The zero-order valence-electron chi connectivity index (χ0n) is 7.86. The quantitative estimate of drug-likeness (QED) is 0.630. The summed E-state index contributed by atoms with van der Waals surface area (Å²) in [5.74, 6) is -0.758. The first-order valence-corrected chi connectivity index (χ1v) is 4.66. The molecule has 0 aliphatic heterocycles. The number of nitrogens with zero attached hydrogens (tertiary/aromatic N) is 1. The van der Waals surface area contributed by atoms with E-state index in [1.54, 1.807) is 0 Å². The van der Waals surface area contributed by atoms with Gasteiger partial charge >= 0.3 is 0 Å². The van der Waals surface area contributed by atoms with E-state index >= 15 is 0 Å². The monoisotopic (exact) mass is 239 g/mol. The van der Waals surface area contributed by atoms with Gasteiger partial charge in [0.2, 0.25) is 0 Å². The van der Waals surface area contributed by atoms with Crippen LogP contribution in [-0.2, 0) is 0 Å². The number of rotatable bonds is 0. The summed E-state index contributed by atoms with van der Waals surface area (Å²) >= 11 is 4.58. The first-order valence-electron chi connectivity index (χ1n) is 4.25. The lowest BCUT2D eigenvalue weighted by atomic mass is 10.2. The van der Waals surface area contributed by atoms with Gasteiger partial charge in [0.05, 0.1) is 10.8 Å². The molecule has 0 unspecified atom stereocenters. The van der Waals surface area contributed by atoms with Crippen molar-refractivity contribution in [3.8, 4) is 0 Å². The molecule has 5 nitrogen and oxygen atoms in total. The summed E-state index contributed by atoms with van der Waals surface area (Å²) < 4.78 is 14.0. The van der Waals surface area contributed by atoms with E-state index in [9.17, 15) is 14.0 Å². The third-order valence-corrected chi connectivity index (χ3v) is 2.29. The molecule has 0 saturated heterocycles. The fraction of sp³-hybridized carbons (Fsp3) is 0. The van der Waals surface area contributed by atoms with E-state index in [-0.39, 0.29) is 15.9 Å². The zero-order valence-corrected chi connectivity index (χ0v) is 8.68. The molecule has 16 heavy (non-hydrogen) atoms. The molecule has 0 bridgehead atoms. The van der Waals surface area contributed by atoms with Crippen LogP contribution in [0.3, 0.4) is 0 Å². The molecule has 0 atom stereocenters. The molecule has 82 valence electrons. The van der Waals surface area contributed by atoms with E-state index in [2.05, 4.69) is 17.3 Å². The number of nitrogens with two attached hydrogens (primary N) is 1. The molecule has 1 heterocycles. The molecule has 1 aromatic carbocycles. The Kier molecular flexibility index (Phi) is 2.31. The van der Waals surface area contributed by atoms with E-state index in [0.717, 1.165) is 6.07 Å². The van der Waals surface area contributed by atoms with Crippen molar-refractivity contribution in [1.82, 2.24) is 9.78 Å². The Labute approximate surface area is 93.3 Å². The highest BCUT2D eigenvalue weighted by molar-refractivity contribution is 7.80. The standard InChI is InChI=1S/C9H6FN3O2S/c10-5-3-1-2-4-6(5)7(14)12-13(8(4)15)9(11)16/h1-3H,(H2,11,16)(H,12,14). The molecule has 0 aliphatic carbocycles. The predicted molar refractivity (Wildman–Crippen MR) is 61.0 cm³/mol. The number of aromatic amines is 1. The van der Waals surface area contributed by atoms with Crippen LogP contribution in [0.5, 0.6) is 0 Å². The normalized spacial score (nSPS) is 10.6. The molecule has 3 N–H and O–H groups in total. The summed E-state index contributed by atoms with van der Waals surface area (Å²) in [5, 5.41) is 1.45. The van der Waals surface area contributed by atoms with Gasteiger partial charge in [-0.3, -0.25) is 14.7 Å². The summed E-state index contributed by atoms with van der Waals surface area (Å²) in [6, 6.07) is 3.77. The van der Waals surface area contributed by atoms with Crippen molar-refractivity contribution in [2.45, 2.75) is 0 Å².